The van der Waals surface area contributed by atoms with Crippen LogP contribution in [0.1, 0.15) is 13.7 Å². The van der Waals surface area contributed by atoms with Gasteiger partial charge in [0.2, 0.25) is 0 Å². The molecule has 0 amide bonds. The Bertz CT molecular complexity index is 2470. The second-order valence-corrected chi connectivity index (χ2v) is 13.6. The highest BCUT2D eigenvalue weighted by atomic mass is 28.3. The number of nitrogens with zero attached hydrogens (tertiary/aromatic N) is 5. The van der Waals surface area contributed by atoms with Crippen LogP contribution in [0, 0.1) is 0 Å². The molecular formula is C37H25N5Si. The van der Waals surface area contributed by atoms with Crippen LogP contribution in [0.5, 0.6) is 0 Å². The molecule has 0 aliphatic carbocycles. The number of rotatable bonds is 5. The predicted octanol–water partition coefficient (Wildman–Crippen LogP) is 5.02. The fraction of sp³-hybridized carbons (Fsp3) is 0. The van der Waals surface area contributed by atoms with Crippen molar-refractivity contribution in [2.24, 2.45) is 0 Å². The molecule has 5 nitrogen and oxygen atoms in total. The summed E-state index contributed by atoms with van der Waals surface area (Å²) >= 11 is 0. The van der Waals surface area contributed by atoms with E-state index in [2.05, 4.69) is 37.1 Å². The normalized spacial score (nSPS) is 16.1. The maximum atomic E-state index is 8.67. The van der Waals surface area contributed by atoms with Crippen LogP contribution in [0.3, 0.4) is 0 Å². The maximum absolute atomic E-state index is 8.67. The third kappa shape index (κ3) is 4.11. The third-order valence-electron chi connectivity index (χ3n) is 7.58. The zero-order valence-corrected chi connectivity index (χ0v) is 23.4. The molecule has 0 unspecified atom stereocenters. The van der Waals surface area contributed by atoms with Crippen LogP contribution in [0.4, 0.5) is 0 Å². The van der Waals surface area contributed by atoms with Gasteiger partial charge in [-0.2, -0.15) is 0 Å². The molecule has 0 fully saturated rings. The van der Waals surface area contributed by atoms with E-state index >= 15 is 0 Å². The number of aromatic nitrogens is 5. The Morgan fingerprint density at radius 2 is 1.00 bits per heavy atom. The molecule has 0 saturated heterocycles. The molecule has 6 heteroatoms. The van der Waals surface area contributed by atoms with Crippen molar-refractivity contribution in [3.05, 3.63) is 152 Å². The maximum Gasteiger partial charge on any atom is 0.181 e. The Morgan fingerprint density at radius 3 is 1.56 bits per heavy atom. The lowest BCUT2D eigenvalue weighted by Crippen LogP contribution is -2.72. The molecule has 7 aromatic rings. The summed E-state index contributed by atoms with van der Waals surface area (Å²) in [4.78, 5) is 22.6. The van der Waals surface area contributed by atoms with Gasteiger partial charge in [-0.15, -0.1) is 0 Å². The van der Waals surface area contributed by atoms with Gasteiger partial charge in [0.05, 0.1) is 13.7 Å². The highest BCUT2D eigenvalue weighted by molar-refractivity contribution is 7.22. The van der Waals surface area contributed by atoms with Crippen LogP contribution in [-0.2, 0) is 0 Å². The molecule has 1 aliphatic heterocycles. The lowest BCUT2D eigenvalue weighted by atomic mass is 10.1. The van der Waals surface area contributed by atoms with Crippen LogP contribution in [0.2, 0.25) is 0 Å². The summed E-state index contributed by atoms with van der Waals surface area (Å²) in [6, 6.07) is 16.0. The molecule has 3 aromatic heterocycles. The van der Waals surface area contributed by atoms with Crippen molar-refractivity contribution in [3.8, 4) is 45.3 Å². The van der Waals surface area contributed by atoms with E-state index in [4.69, 9.17) is 13.7 Å². The van der Waals surface area contributed by atoms with Gasteiger partial charge in [0.1, 0.15) is 0 Å². The second kappa shape index (κ2) is 10.3. The van der Waals surface area contributed by atoms with Crippen LogP contribution < -0.4 is 20.7 Å². The molecule has 0 saturated carbocycles. The van der Waals surface area contributed by atoms with E-state index in [1.54, 1.807) is 18.5 Å². The Hall–Kier alpha value is -5.59. The molecule has 0 radical (unpaired) electrons. The first-order valence-corrected chi connectivity index (χ1v) is 15.4. The summed E-state index contributed by atoms with van der Waals surface area (Å²) in [6.45, 7) is 0. The van der Waals surface area contributed by atoms with E-state index in [0.29, 0.717) is 5.56 Å². The summed E-state index contributed by atoms with van der Waals surface area (Å²) in [5.74, 6) is -0.628. The van der Waals surface area contributed by atoms with Crippen molar-refractivity contribution in [2.45, 2.75) is 0 Å². The van der Waals surface area contributed by atoms with Crippen LogP contribution in [0.25, 0.3) is 45.3 Å². The zero-order valence-electron chi connectivity index (χ0n) is 32.4. The Balaban J connectivity index is 1.44. The Labute approximate surface area is 264 Å². The number of fused-ring (bicyclic) bond motifs is 3. The van der Waals surface area contributed by atoms with Gasteiger partial charge in [-0.05, 0) is 32.9 Å². The van der Waals surface area contributed by atoms with Crippen LogP contribution in [0.15, 0.2) is 152 Å². The molecule has 0 N–H and O–H groups in total. The van der Waals surface area contributed by atoms with E-state index in [1.165, 1.54) is 0 Å². The van der Waals surface area contributed by atoms with Crippen molar-refractivity contribution in [3.63, 3.8) is 0 Å². The van der Waals surface area contributed by atoms with Crippen LogP contribution >= 0.6 is 0 Å². The summed E-state index contributed by atoms with van der Waals surface area (Å²) < 4.78 is 84.1. The van der Waals surface area contributed by atoms with E-state index < -0.39 is 68.5 Å². The summed E-state index contributed by atoms with van der Waals surface area (Å²) in [7, 11) is -3.04. The molecule has 0 atom stereocenters. The molecular weight excluding hydrogens is 543 g/mol. The minimum atomic E-state index is -3.04. The van der Waals surface area contributed by atoms with E-state index in [1.807, 2.05) is 60.9 Å². The SMILES string of the molecule is [2H]c1c([2H])c([2H])c(-c2nc(-c3cccc([Si]4(c5ccccc5)c5ccncc5-c5cnccc54)c3)nc(-c3c([2H])c([2H])c([2H])c([2H])c3[2H])n2)c([2H])c1[2H]. The molecule has 8 rings (SSSR count). The highest BCUT2D eigenvalue weighted by Gasteiger charge is 2.48. The molecule has 0 spiro atoms. The second-order valence-electron chi connectivity index (χ2n) is 9.85. The lowest BCUT2D eigenvalue weighted by molar-refractivity contribution is 1.07. The number of hydrogen-bond donors (Lipinski definition) is 0. The number of pyridine rings is 2. The minimum absolute atomic E-state index is 0.00517. The van der Waals surface area contributed by atoms with Crippen molar-refractivity contribution in [2.75, 3.05) is 0 Å². The molecule has 4 aromatic carbocycles. The fourth-order valence-corrected chi connectivity index (χ4v) is 11.0. The van der Waals surface area contributed by atoms with Crippen molar-refractivity contribution < 1.29 is 13.7 Å². The third-order valence-corrected chi connectivity index (χ3v) is 12.4. The number of hydrogen-bond acceptors (Lipinski definition) is 5. The first-order chi connectivity index (χ1) is 25.5. The average molecular weight is 578 g/mol. The average Bonchev–Trinajstić information content (AvgIpc) is 3.49. The van der Waals surface area contributed by atoms with Gasteiger partial charge >= 0.3 is 0 Å². The molecule has 202 valence electrons. The van der Waals surface area contributed by atoms with E-state index in [9.17, 15) is 0 Å². The van der Waals surface area contributed by atoms with Gasteiger partial charge in [-0.25, -0.2) is 15.0 Å². The first kappa shape index (κ1) is 16.7. The zero-order chi connectivity index (χ0) is 37.3. The monoisotopic (exact) mass is 577 g/mol. The largest absolute Gasteiger partial charge is 0.264 e. The Kier molecular flexibility index (Phi) is 4.03. The standard InChI is InChI=1S/C37H25N5Si/c1-4-11-26(12-5-1)35-40-36(27-13-6-2-7-14-27)42-37(41-35)28-15-10-18-30(23-28)43(29-16-8-3-9-17-29)33-19-21-38-24-31(33)32-25-39-22-20-34(32)43/h1-25H/i1D,2D,4D,5D,6D,7D,11D,12D,13D,14D. The van der Waals surface area contributed by atoms with E-state index in [-0.39, 0.29) is 28.6 Å². The van der Waals surface area contributed by atoms with Crippen molar-refractivity contribution in [1.82, 2.24) is 24.9 Å². The topological polar surface area (TPSA) is 64.5 Å². The quantitative estimate of drug-likeness (QED) is 0.269. The summed E-state index contributed by atoms with van der Waals surface area (Å²) in [5, 5.41) is 4.26. The summed E-state index contributed by atoms with van der Waals surface area (Å²) in [6.07, 6.45) is 7.25. The summed E-state index contributed by atoms with van der Waals surface area (Å²) in [5.41, 5.74) is 1.77. The van der Waals surface area contributed by atoms with Crippen LogP contribution in [-0.4, -0.2) is 33.0 Å². The van der Waals surface area contributed by atoms with Crippen molar-refractivity contribution >= 4 is 28.8 Å². The smallest absolute Gasteiger partial charge is 0.181 e. The van der Waals surface area contributed by atoms with Gasteiger partial charge in [0.15, 0.2) is 25.5 Å². The number of benzene rings is 4. The molecule has 4 heterocycles. The fourth-order valence-electron chi connectivity index (χ4n) is 5.84. The lowest BCUT2D eigenvalue weighted by Gasteiger charge is -2.31. The van der Waals surface area contributed by atoms with Gasteiger partial charge in [-0.3, -0.25) is 9.97 Å². The molecule has 1 aliphatic rings. The van der Waals surface area contributed by atoms with Crippen molar-refractivity contribution in [1.29, 1.82) is 0 Å². The van der Waals surface area contributed by atoms with Gasteiger partial charge in [-0.1, -0.05) is 115 Å². The van der Waals surface area contributed by atoms with E-state index in [0.717, 1.165) is 31.9 Å². The Morgan fingerprint density at radius 1 is 0.488 bits per heavy atom. The molecule has 0 bridgehead atoms. The van der Waals surface area contributed by atoms with Gasteiger partial charge in [0.25, 0.3) is 0 Å². The minimum Gasteiger partial charge on any atom is -0.264 e. The van der Waals surface area contributed by atoms with Gasteiger partial charge < -0.3 is 0 Å². The molecule has 43 heavy (non-hydrogen) atoms. The highest BCUT2D eigenvalue weighted by Crippen LogP contribution is 2.29. The first-order valence-electron chi connectivity index (χ1n) is 18.4. The predicted molar refractivity (Wildman–Crippen MR) is 174 cm³/mol. The van der Waals surface area contributed by atoms with Gasteiger partial charge in [0, 0.05) is 52.6 Å².